The van der Waals surface area contributed by atoms with Crippen LogP contribution in [0.3, 0.4) is 0 Å². The largest absolute Gasteiger partial charge is 0.354 e. The van der Waals surface area contributed by atoms with Crippen molar-refractivity contribution in [2.75, 3.05) is 20.6 Å². The lowest BCUT2D eigenvalue weighted by Crippen LogP contribution is -2.34. The molecular weight excluding hydrogens is 348 g/mol. The molecule has 0 fully saturated rings. The number of hydrogen-bond acceptors (Lipinski definition) is 6. The van der Waals surface area contributed by atoms with E-state index in [1.807, 2.05) is 49.1 Å². The lowest BCUT2D eigenvalue weighted by Gasteiger charge is -2.25. The Labute approximate surface area is 156 Å². The Bertz CT molecular complexity index is 815. The highest BCUT2D eigenvalue weighted by atomic mass is 32.1. The lowest BCUT2D eigenvalue weighted by atomic mass is 10.1. The summed E-state index contributed by atoms with van der Waals surface area (Å²) in [4.78, 5) is 18.6. The van der Waals surface area contributed by atoms with Crippen molar-refractivity contribution in [1.82, 2.24) is 20.4 Å². The van der Waals surface area contributed by atoms with Gasteiger partial charge in [0.25, 0.3) is 0 Å². The summed E-state index contributed by atoms with van der Waals surface area (Å²) < 4.78 is 5.23. The number of nitrogens with one attached hydrogen (secondary N) is 1. The van der Waals surface area contributed by atoms with Crippen LogP contribution in [0.2, 0.25) is 0 Å². The minimum atomic E-state index is -0.0249. The standard InChI is InChI=1S/C19H22N4O2S/c1-23(2)16(14-6-4-3-5-7-14)12-20-17(24)8-9-18-21-19(22-25-18)15-10-11-26-13-15/h3-7,10-11,13,16H,8-9,12H2,1-2H3,(H,20,24). The number of carbonyl (C=O) groups excluding carboxylic acids is 1. The van der Waals surface area contributed by atoms with Crippen LogP contribution in [0.5, 0.6) is 0 Å². The van der Waals surface area contributed by atoms with Crippen LogP contribution in [-0.4, -0.2) is 41.6 Å². The Morgan fingerprint density at radius 2 is 2.08 bits per heavy atom. The topological polar surface area (TPSA) is 71.3 Å². The molecule has 0 aliphatic heterocycles. The number of benzene rings is 1. The zero-order chi connectivity index (χ0) is 18.4. The smallest absolute Gasteiger partial charge is 0.227 e. The second-order valence-electron chi connectivity index (χ2n) is 6.22. The predicted molar refractivity (Wildman–Crippen MR) is 102 cm³/mol. The molecular formula is C19H22N4O2S. The van der Waals surface area contributed by atoms with Crippen molar-refractivity contribution in [3.63, 3.8) is 0 Å². The summed E-state index contributed by atoms with van der Waals surface area (Å²) in [5.41, 5.74) is 2.11. The summed E-state index contributed by atoms with van der Waals surface area (Å²) in [6.07, 6.45) is 0.751. The van der Waals surface area contributed by atoms with Gasteiger partial charge >= 0.3 is 0 Å². The summed E-state index contributed by atoms with van der Waals surface area (Å²) >= 11 is 1.58. The van der Waals surface area contributed by atoms with Gasteiger partial charge in [-0.2, -0.15) is 16.3 Å². The maximum Gasteiger partial charge on any atom is 0.227 e. The van der Waals surface area contributed by atoms with Gasteiger partial charge in [0.2, 0.25) is 17.6 Å². The molecule has 136 valence electrons. The van der Waals surface area contributed by atoms with Gasteiger partial charge in [-0.15, -0.1) is 0 Å². The van der Waals surface area contributed by atoms with E-state index in [9.17, 15) is 4.79 Å². The number of aryl methyl sites for hydroxylation is 1. The number of aromatic nitrogens is 2. The Morgan fingerprint density at radius 1 is 1.27 bits per heavy atom. The van der Waals surface area contributed by atoms with Crippen molar-refractivity contribution in [3.05, 3.63) is 58.6 Å². The summed E-state index contributed by atoms with van der Waals surface area (Å²) in [6.45, 7) is 0.555. The molecule has 3 rings (SSSR count). The van der Waals surface area contributed by atoms with Gasteiger partial charge in [0.15, 0.2) is 0 Å². The number of amides is 1. The van der Waals surface area contributed by atoms with Gasteiger partial charge in [-0.1, -0.05) is 35.5 Å². The molecule has 2 heterocycles. The number of rotatable bonds is 8. The Balaban J connectivity index is 1.49. The molecule has 7 heteroatoms. The molecule has 1 amide bonds. The zero-order valence-corrected chi connectivity index (χ0v) is 15.7. The van der Waals surface area contributed by atoms with Gasteiger partial charge in [0.1, 0.15) is 0 Å². The summed E-state index contributed by atoms with van der Waals surface area (Å²) in [5, 5.41) is 10.9. The molecule has 0 saturated heterocycles. The van der Waals surface area contributed by atoms with E-state index in [1.165, 1.54) is 5.56 Å². The first-order chi connectivity index (χ1) is 12.6. The van der Waals surface area contributed by atoms with Gasteiger partial charge in [-0.25, -0.2) is 0 Å². The fraction of sp³-hybridized carbons (Fsp3) is 0.316. The van der Waals surface area contributed by atoms with Gasteiger partial charge in [-0.05, 0) is 31.1 Å². The van der Waals surface area contributed by atoms with E-state index in [4.69, 9.17) is 4.52 Å². The molecule has 1 aromatic carbocycles. The van der Waals surface area contributed by atoms with E-state index >= 15 is 0 Å². The van der Waals surface area contributed by atoms with E-state index in [0.29, 0.717) is 31.1 Å². The van der Waals surface area contributed by atoms with E-state index in [0.717, 1.165) is 5.56 Å². The Kier molecular flexibility index (Phi) is 6.14. The van der Waals surface area contributed by atoms with E-state index in [2.05, 4.69) is 32.5 Å². The van der Waals surface area contributed by atoms with Crippen LogP contribution >= 0.6 is 11.3 Å². The quantitative estimate of drug-likeness (QED) is 0.659. The molecule has 6 nitrogen and oxygen atoms in total. The zero-order valence-electron chi connectivity index (χ0n) is 14.9. The fourth-order valence-corrected chi connectivity index (χ4v) is 3.29. The highest BCUT2D eigenvalue weighted by Gasteiger charge is 2.16. The molecule has 1 atom stereocenters. The molecule has 0 bridgehead atoms. The predicted octanol–water partition coefficient (Wildman–Crippen LogP) is 3.15. The molecule has 1 unspecified atom stereocenters. The molecule has 0 aliphatic carbocycles. The van der Waals surface area contributed by atoms with Crippen LogP contribution in [0.4, 0.5) is 0 Å². The number of nitrogens with zero attached hydrogens (tertiary/aromatic N) is 3. The van der Waals surface area contributed by atoms with Crippen molar-refractivity contribution < 1.29 is 9.32 Å². The summed E-state index contributed by atoms with van der Waals surface area (Å²) in [7, 11) is 4.02. The summed E-state index contributed by atoms with van der Waals surface area (Å²) in [6, 6.07) is 12.2. The van der Waals surface area contributed by atoms with Gasteiger partial charge in [0.05, 0.1) is 6.04 Å². The highest BCUT2D eigenvalue weighted by molar-refractivity contribution is 7.08. The fourth-order valence-electron chi connectivity index (χ4n) is 2.66. The van der Waals surface area contributed by atoms with E-state index < -0.39 is 0 Å². The normalized spacial score (nSPS) is 12.3. The minimum Gasteiger partial charge on any atom is -0.354 e. The maximum atomic E-state index is 12.2. The maximum absolute atomic E-state index is 12.2. The number of thiophene rings is 1. The van der Waals surface area contributed by atoms with Crippen LogP contribution < -0.4 is 5.32 Å². The molecule has 2 aromatic heterocycles. The Hall–Kier alpha value is -2.51. The molecule has 0 spiro atoms. The second kappa shape index (κ2) is 8.73. The molecule has 3 aromatic rings. The average molecular weight is 370 g/mol. The molecule has 0 radical (unpaired) electrons. The number of carbonyl (C=O) groups is 1. The minimum absolute atomic E-state index is 0.0249. The third kappa shape index (κ3) is 4.77. The first-order valence-electron chi connectivity index (χ1n) is 8.46. The van der Waals surface area contributed by atoms with Crippen LogP contribution in [0.1, 0.15) is 23.9 Å². The van der Waals surface area contributed by atoms with Crippen molar-refractivity contribution in [2.24, 2.45) is 0 Å². The van der Waals surface area contributed by atoms with Crippen LogP contribution in [0.15, 0.2) is 51.7 Å². The Morgan fingerprint density at radius 3 is 2.77 bits per heavy atom. The van der Waals surface area contributed by atoms with Crippen molar-refractivity contribution in [3.8, 4) is 11.4 Å². The van der Waals surface area contributed by atoms with Crippen LogP contribution in [0, 0.1) is 0 Å². The van der Waals surface area contributed by atoms with E-state index in [1.54, 1.807) is 11.3 Å². The third-order valence-corrected chi connectivity index (χ3v) is 4.80. The van der Waals surface area contributed by atoms with Gasteiger partial charge in [-0.3, -0.25) is 4.79 Å². The third-order valence-electron chi connectivity index (χ3n) is 4.11. The molecule has 26 heavy (non-hydrogen) atoms. The highest BCUT2D eigenvalue weighted by Crippen LogP contribution is 2.19. The number of hydrogen-bond donors (Lipinski definition) is 1. The van der Waals surface area contributed by atoms with Gasteiger partial charge < -0.3 is 14.7 Å². The van der Waals surface area contributed by atoms with Crippen LogP contribution in [-0.2, 0) is 11.2 Å². The molecule has 1 N–H and O–H groups in total. The van der Waals surface area contributed by atoms with Crippen molar-refractivity contribution >= 4 is 17.2 Å². The average Bonchev–Trinajstić information content (AvgIpc) is 3.32. The first kappa shape index (κ1) is 18.3. The van der Waals surface area contributed by atoms with Crippen molar-refractivity contribution in [2.45, 2.75) is 18.9 Å². The second-order valence-corrected chi connectivity index (χ2v) is 7.00. The van der Waals surface area contributed by atoms with Crippen LogP contribution in [0.25, 0.3) is 11.4 Å². The van der Waals surface area contributed by atoms with Crippen molar-refractivity contribution in [1.29, 1.82) is 0 Å². The lowest BCUT2D eigenvalue weighted by molar-refractivity contribution is -0.121. The molecule has 0 saturated carbocycles. The monoisotopic (exact) mass is 370 g/mol. The summed E-state index contributed by atoms with van der Waals surface area (Å²) in [5.74, 6) is 1.02. The molecule has 0 aliphatic rings. The SMILES string of the molecule is CN(C)C(CNC(=O)CCc1nc(-c2ccsc2)no1)c1ccccc1. The van der Waals surface area contributed by atoms with E-state index in [-0.39, 0.29) is 11.9 Å². The number of likely N-dealkylation sites (N-methyl/N-ethyl adjacent to an activating group) is 1. The van der Waals surface area contributed by atoms with Gasteiger partial charge in [0, 0.05) is 30.3 Å². The first-order valence-corrected chi connectivity index (χ1v) is 9.41.